The molecule has 2 N–H and O–H groups in total. The van der Waals surface area contributed by atoms with Crippen LogP contribution in [0.4, 0.5) is 0 Å². The van der Waals surface area contributed by atoms with Crippen molar-refractivity contribution >= 4 is 5.97 Å². The Labute approximate surface area is 201 Å². The summed E-state index contributed by atoms with van der Waals surface area (Å²) >= 11 is 0. The first-order valence-electron chi connectivity index (χ1n) is 13.8. The molecule has 5 aliphatic carbocycles. The van der Waals surface area contributed by atoms with Crippen molar-refractivity contribution in [2.24, 2.45) is 50.2 Å². The van der Waals surface area contributed by atoms with Gasteiger partial charge in [0.25, 0.3) is 0 Å². The molecule has 5 rings (SSSR count). The number of carbonyl (C=O) groups is 1. The minimum Gasteiger partial charge on any atom is -0.481 e. The minimum absolute atomic E-state index is 0.0168. The fraction of sp³-hybridized carbons (Fsp3) is 0.900. The summed E-state index contributed by atoms with van der Waals surface area (Å²) < 4.78 is 0. The van der Waals surface area contributed by atoms with Crippen molar-refractivity contribution in [3.8, 4) is 0 Å². The van der Waals surface area contributed by atoms with Crippen molar-refractivity contribution in [2.45, 2.75) is 119 Å². The predicted molar refractivity (Wildman–Crippen MR) is 133 cm³/mol. The Hall–Kier alpha value is -0.830. The molecule has 3 nitrogen and oxygen atoms in total. The summed E-state index contributed by atoms with van der Waals surface area (Å²) in [6.45, 7) is 16.8. The van der Waals surface area contributed by atoms with Crippen LogP contribution in [0.25, 0.3) is 0 Å². The molecule has 9 atom stereocenters. The van der Waals surface area contributed by atoms with E-state index in [1.807, 2.05) is 6.92 Å². The van der Waals surface area contributed by atoms with Gasteiger partial charge in [-0.15, -0.1) is 0 Å². The van der Waals surface area contributed by atoms with Crippen LogP contribution in [0, 0.1) is 50.2 Å². The summed E-state index contributed by atoms with van der Waals surface area (Å²) in [6.07, 6.45) is 13.2. The highest BCUT2D eigenvalue weighted by molar-refractivity contribution is 5.74. The molecule has 4 fully saturated rings. The van der Waals surface area contributed by atoms with Gasteiger partial charge in [-0.3, -0.25) is 4.79 Å². The lowest BCUT2D eigenvalue weighted by Gasteiger charge is -2.71. The highest BCUT2D eigenvalue weighted by Gasteiger charge is 2.68. The van der Waals surface area contributed by atoms with E-state index in [1.165, 1.54) is 25.7 Å². The normalized spacial score (nSPS) is 55.3. The van der Waals surface area contributed by atoms with Crippen LogP contribution < -0.4 is 0 Å². The fourth-order valence-electron chi connectivity index (χ4n) is 10.5. The number of aliphatic hydroxyl groups excluding tert-OH is 1. The summed E-state index contributed by atoms with van der Waals surface area (Å²) in [5.74, 6) is 1.01. The van der Waals surface area contributed by atoms with Crippen LogP contribution >= 0.6 is 0 Å². The van der Waals surface area contributed by atoms with Gasteiger partial charge in [0.15, 0.2) is 0 Å². The number of aliphatic hydroxyl groups is 1. The second-order valence-electron chi connectivity index (χ2n) is 14.9. The lowest BCUT2D eigenvalue weighted by atomic mass is 9.33. The van der Waals surface area contributed by atoms with E-state index in [9.17, 15) is 15.0 Å². The highest BCUT2D eigenvalue weighted by atomic mass is 16.4. The zero-order valence-corrected chi connectivity index (χ0v) is 22.3. The molecule has 3 heteroatoms. The first-order valence-corrected chi connectivity index (χ1v) is 13.8. The molecule has 0 aliphatic heterocycles. The quantitative estimate of drug-likeness (QED) is 0.409. The molecule has 33 heavy (non-hydrogen) atoms. The summed E-state index contributed by atoms with van der Waals surface area (Å²) in [5.41, 5.74) is 1.94. The molecule has 186 valence electrons. The van der Waals surface area contributed by atoms with Crippen LogP contribution in [0.1, 0.15) is 113 Å². The molecule has 0 saturated heterocycles. The van der Waals surface area contributed by atoms with Crippen LogP contribution in [0.2, 0.25) is 0 Å². The van der Waals surface area contributed by atoms with Crippen LogP contribution in [0.15, 0.2) is 11.6 Å². The number of aliphatic carboxylic acids is 1. The van der Waals surface area contributed by atoms with Crippen molar-refractivity contribution < 1.29 is 15.0 Å². The third-order valence-electron chi connectivity index (χ3n) is 13.3. The Balaban J connectivity index is 1.57. The van der Waals surface area contributed by atoms with Gasteiger partial charge in [0.1, 0.15) is 0 Å². The van der Waals surface area contributed by atoms with Crippen LogP contribution in [-0.4, -0.2) is 22.3 Å². The Morgan fingerprint density at radius 1 is 0.879 bits per heavy atom. The first kappa shape index (κ1) is 23.9. The van der Waals surface area contributed by atoms with Gasteiger partial charge in [-0.25, -0.2) is 0 Å². The highest BCUT2D eigenvalue weighted by Crippen LogP contribution is 2.75. The monoisotopic (exact) mass is 456 g/mol. The van der Waals surface area contributed by atoms with Gasteiger partial charge >= 0.3 is 5.97 Å². The van der Waals surface area contributed by atoms with Crippen LogP contribution in [0.3, 0.4) is 0 Å². The molecule has 0 heterocycles. The lowest BCUT2D eigenvalue weighted by molar-refractivity contribution is -0.203. The average molecular weight is 457 g/mol. The Kier molecular flexibility index (Phi) is 4.99. The summed E-state index contributed by atoms with van der Waals surface area (Å²) in [6, 6.07) is 0. The molecule has 0 radical (unpaired) electrons. The zero-order valence-electron chi connectivity index (χ0n) is 22.3. The topological polar surface area (TPSA) is 57.5 Å². The molecule has 0 unspecified atom stereocenters. The van der Waals surface area contributed by atoms with Gasteiger partial charge in [0, 0.05) is 0 Å². The SMILES string of the molecule is CC1(C)[C@H](O)CC[C@]2(C)[C@H]3CC=C4[C@H]5C[C@](C)(C(=O)O)CC[C@]5(C)CC[C@@]4(C)[C@]3(C)CC[C@@H]12. The third-order valence-corrected chi connectivity index (χ3v) is 13.3. The molecule has 4 saturated carbocycles. The molecular weight excluding hydrogens is 408 g/mol. The van der Waals surface area contributed by atoms with E-state index in [0.29, 0.717) is 17.8 Å². The fourth-order valence-corrected chi connectivity index (χ4v) is 10.5. The van der Waals surface area contributed by atoms with E-state index in [-0.39, 0.29) is 33.2 Å². The van der Waals surface area contributed by atoms with Crippen molar-refractivity contribution in [1.82, 2.24) is 0 Å². The smallest absolute Gasteiger partial charge is 0.309 e. The Morgan fingerprint density at radius 3 is 2.21 bits per heavy atom. The van der Waals surface area contributed by atoms with E-state index < -0.39 is 11.4 Å². The van der Waals surface area contributed by atoms with E-state index in [4.69, 9.17) is 0 Å². The first-order chi connectivity index (χ1) is 15.1. The van der Waals surface area contributed by atoms with Crippen LogP contribution in [0.5, 0.6) is 0 Å². The largest absolute Gasteiger partial charge is 0.481 e. The average Bonchev–Trinajstić information content (AvgIpc) is 2.73. The van der Waals surface area contributed by atoms with Gasteiger partial charge < -0.3 is 10.2 Å². The van der Waals surface area contributed by atoms with Gasteiger partial charge in [0.2, 0.25) is 0 Å². The maximum Gasteiger partial charge on any atom is 0.309 e. The van der Waals surface area contributed by atoms with Gasteiger partial charge in [-0.05, 0) is 116 Å². The van der Waals surface area contributed by atoms with Gasteiger partial charge in [-0.2, -0.15) is 0 Å². The van der Waals surface area contributed by atoms with E-state index in [0.717, 1.165) is 38.5 Å². The molecule has 0 amide bonds. The Bertz CT molecular complexity index is 889. The van der Waals surface area contributed by atoms with Gasteiger partial charge in [0.05, 0.1) is 11.5 Å². The number of carboxylic acids is 1. The van der Waals surface area contributed by atoms with Crippen molar-refractivity contribution in [3.63, 3.8) is 0 Å². The van der Waals surface area contributed by atoms with Gasteiger partial charge in [-0.1, -0.05) is 53.2 Å². The molecule has 0 aromatic heterocycles. The van der Waals surface area contributed by atoms with Crippen molar-refractivity contribution in [1.29, 1.82) is 0 Å². The molecule has 5 aliphatic rings. The van der Waals surface area contributed by atoms with Crippen LogP contribution in [-0.2, 0) is 4.79 Å². The number of fused-ring (bicyclic) bond motifs is 7. The molecule has 0 aromatic rings. The Morgan fingerprint density at radius 2 is 1.55 bits per heavy atom. The summed E-state index contributed by atoms with van der Waals surface area (Å²) in [4.78, 5) is 12.2. The number of hydrogen-bond acceptors (Lipinski definition) is 2. The minimum atomic E-state index is -0.603. The summed E-state index contributed by atoms with van der Waals surface area (Å²) in [5, 5.41) is 20.9. The molecule has 0 bridgehead atoms. The predicted octanol–water partition coefficient (Wildman–Crippen LogP) is 7.23. The number of allylic oxidation sites excluding steroid dienone is 2. The van der Waals surface area contributed by atoms with E-state index >= 15 is 0 Å². The number of carboxylic acid groups (broad SMARTS) is 1. The maximum atomic E-state index is 12.2. The van der Waals surface area contributed by atoms with Crippen molar-refractivity contribution in [2.75, 3.05) is 0 Å². The molecular formula is C30H48O3. The number of hydrogen-bond donors (Lipinski definition) is 2. The maximum absolute atomic E-state index is 12.2. The summed E-state index contributed by atoms with van der Waals surface area (Å²) in [7, 11) is 0. The number of rotatable bonds is 1. The second kappa shape index (κ2) is 6.89. The van der Waals surface area contributed by atoms with Crippen molar-refractivity contribution in [3.05, 3.63) is 11.6 Å². The molecule has 0 spiro atoms. The second-order valence-corrected chi connectivity index (χ2v) is 14.9. The lowest BCUT2D eigenvalue weighted by Crippen LogP contribution is -2.64. The zero-order chi connectivity index (χ0) is 24.2. The third kappa shape index (κ3) is 2.87. The molecule has 0 aromatic carbocycles. The van der Waals surface area contributed by atoms with E-state index in [1.54, 1.807) is 5.57 Å². The standard InChI is InChI=1S/C30H48O3/c1-25(2)21-10-13-30(7)22(28(21,5)12-11-23(25)31)9-8-19-20-18-27(4,24(32)33)15-14-26(20,3)16-17-29(19,30)6/h8,20-23,31H,9-18H2,1-7H3,(H,32,33)/t20-,21+,22-,23-,26-,27-,28+,29-,30-/m1/s1. The van der Waals surface area contributed by atoms with E-state index in [2.05, 4.69) is 47.6 Å².